The second-order valence-electron chi connectivity index (χ2n) is 5.75. The normalized spacial score (nSPS) is 11.3. The second kappa shape index (κ2) is 15.7. The lowest BCUT2D eigenvalue weighted by molar-refractivity contribution is 0.121. The van der Waals surface area contributed by atoms with Crippen molar-refractivity contribution in [2.45, 2.75) is 18.9 Å². The highest BCUT2D eigenvalue weighted by Crippen LogP contribution is 2.15. The van der Waals surface area contributed by atoms with Gasteiger partial charge in [-0.2, -0.15) is 5.26 Å². The molecule has 146 valence electrons. The van der Waals surface area contributed by atoms with Crippen molar-refractivity contribution in [1.29, 1.82) is 5.26 Å². The molecule has 0 rings (SSSR count). The van der Waals surface area contributed by atoms with E-state index in [-0.39, 0.29) is 0 Å². The minimum Gasteiger partial charge on any atom is -0.377 e. The number of nitrogens with zero attached hydrogens (tertiary/aromatic N) is 5. The average Bonchev–Trinajstić information content (AvgIpc) is 2.68. The van der Waals surface area contributed by atoms with Gasteiger partial charge < -0.3 is 23.0 Å². The van der Waals surface area contributed by atoms with Gasteiger partial charge in [-0.1, -0.05) is 0 Å². The molecule has 26 heavy (non-hydrogen) atoms. The smallest absolute Gasteiger partial charge is 0.377 e. The highest BCUT2D eigenvalue weighted by atomic mass is 28.4. The summed E-state index contributed by atoms with van der Waals surface area (Å²) < 4.78 is 16.3. The van der Waals surface area contributed by atoms with Crippen molar-refractivity contribution in [2.24, 2.45) is 0 Å². The van der Waals surface area contributed by atoms with Gasteiger partial charge in [0.25, 0.3) is 0 Å². The summed E-state index contributed by atoms with van der Waals surface area (Å²) in [5.74, 6) is 0. The maximum Gasteiger partial charge on any atom is 0.500 e. The molecule has 0 aliphatic heterocycles. The molecule has 8 nitrogen and oxygen atoms in total. The Morgan fingerprint density at radius 2 is 1.35 bits per heavy atom. The van der Waals surface area contributed by atoms with Crippen molar-refractivity contribution < 1.29 is 13.3 Å². The van der Waals surface area contributed by atoms with Crippen LogP contribution in [-0.2, 0) is 13.3 Å². The Hall–Kier alpha value is -1.51. The molecule has 0 aliphatic carbocycles. The van der Waals surface area contributed by atoms with E-state index in [9.17, 15) is 0 Å². The third kappa shape index (κ3) is 10.5. The standard InChI is InChI=1S/C17H31N5O3Si/c1-19-9-13-21(11-6-8-18)15-16-22(14-10-20-2)12-7-17-26(23-3,24-4)25-5/h6-7,9-17H2,3-5H3. The Labute approximate surface area is 159 Å². The van der Waals surface area contributed by atoms with Crippen molar-refractivity contribution in [3.05, 3.63) is 22.8 Å². The Morgan fingerprint density at radius 3 is 1.77 bits per heavy atom. The van der Waals surface area contributed by atoms with E-state index in [1.54, 1.807) is 21.3 Å². The molecule has 0 aliphatic rings. The Morgan fingerprint density at radius 1 is 0.846 bits per heavy atom. The number of hydrogen-bond acceptors (Lipinski definition) is 6. The third-order valence-electron chi connectivity index (χ3n) is 4.22. The van der Waals surface area contributed by atoms with Gasteiger partial charge in [0.15, 0.2) is 0 Å². The molecule has 0 aromatic carbocycles. The molecule has 0 atom stereocenters. The van der Waals surface area contributed by atoms with Crippen LogP contribution in [0, 0.1) is 24.5 Å². The first-order valence-corrected chi connectivity index (χ1v) is 10.7. The topological polar surface area (TPSA) is 66.7 Å². The van der Waals surface area contributed by atoms with Crippen molar-refractivity contribution >= 4 is 8.80 Å². The first-order valence-electron chi connectivity index (χ1n) is 8.74. The zero-order valence-electron chi connectivity index (χ0n) is 16.2. The van der Waals surface area contributed by atoms with E-state index in [0.29, 0.717) is 39.1 Å². The SMILES string of the molecule is [C-]#[N+]CCN(CCC#N)CCN(CCC[Si](OC)(OC)OC)CC[N+]#[C-]. The van der Waals surface area contributed by atoms with E-state index >= 15 is 0 Å². The Kier molecular flexibility index (Phi) is 14.8. The Balaban J connectivity index is 4.55. The number of nitriles is 1. The van der Waals surface area contributed by atoms with Crippen LogP contribution in [-0.4, -0.2) is 92.3 Å². The third-order valence-corrected chi connectivity index (χ3v) is 7.05. The van der Waals surface area contributed by atoms with E-state index in [0.717, 1.165) is 32.1 Å². The summed E-state index contributed by atoms with van der Waals surface area (Å²) in [4.78, 5) is 11.2. The van der Waals surface area contributed by atoms with Crippen LogP contribution in [0.1, 0.15) is 12.8 Å². The molecule has 0 saturated carbocycles. The zero-order chi connectivity index (χ0) is 19.7. The number of hydrogen-bond donors (Lipinski definition) is 0. The molecular formula is C17H31N5O3Si. The molecule has 0 heterocycles. The first-order chi connectivity index (χ1) is 12.6. The first kappa shape index (κ1) is 24.5. The maximum atomic E-state index is 8.78. The molecule has 0 saturated heterocycles. The molecule has 0 radical (unpaired) electrons. The van der Waals surface area contributed by atoms with Gasteiger partial charge >= 0.3 is 8.80 Å². The largest absolute Gasteiger partial charge is 0.500 e. The van der Waals surface area contributed by atoms with Gasteiger partial charge in [-0.25, -0.2) is 13.1 Å². The van der Waals surface area contributed by atoms with Crippen LogP contribution in [0.15, 0.2) is 0 Å². The van der Waals surface area contributed by atoms with E-state index in [1.807, 2.05) is 0 Å². The lowest BCUT2D eigenvalue weighted by atomic mass is 10.3. The molecule has 0 bridgehead atoms. The summed E-state index contributed by atoms with van der Waals surface area (Å²) in [6, 6.07) is 2.88. The van der Waals surface area contributed by atoms with Gasteiger partial charge in [0.1, 0.15) is 0 Å². The second-order valence-corrected chi connectivity index (χ2v) is 8.84. The van der Waals surface area contributed by atoms with E-state index in [2.05, 4.69) is 25.6 Å². The van der Waals surface area contributed by atoms with E-state index < -0.39 is 8.80 Å². The molecular weight excluding hydrogens is 350 g/mol. The van der Waals surface area contributed by atoms with E-state index in [4.69, 9.17) is 31.7 Å². The fourth-order valence-corrected chi connectivity index (χ4v) is 4.32. The van der Waals surface area contributed by atoms with Crippen molar-refractivity contribution in [3.8, 4) is 6.07 Å². The van der Waals surface area contributed by atoms with Gasteiger partial charge in [0, 0.05) is 53.4 Å². The van der Waals surface area contributed by atoms with Crippen molar-refractivity contribution in [3.63, 3.8) is 0 Å². The van der Waals surface area contributed by atoms with Gasteiger partial charge in [-0.15, -0.1) is 0 Å². The predicted molar refractivity (Wildman–Crippen MR) is 102 cm³/mol. The lowest BCUT2D eigenvalue weighted by Crippen LogP contribution is -2.44. The van der Waals surface area contributed by atoms with Crippen LogP contribution in [0.3, 0.4) is 0 Å². The minimum atomic E-state index is -2.56. The summed E-state index contributed by atoms with van der Waals surface area (Å²) in [5.41, 5.74) is 0. The predicted octanol–water partition coefficient (Wildman–Crippen LogP) is 1.61. The van der Waals surface area contributed by atoms with Crippen LogP contribution < -0.4 is 0 Å². The summed E-state index contributed by atoms with van der Waals surface area (Å²) in [7, 11) is 2.27. The molecule has 0 aromatic rings. The quantitative estimate of drug-likeness (QED) is 0.299. The van der Waals surface area contributed by atoms with Crippen molar-refractivity contribution in [2.75, 3.05) is 73.7 Å². The average molecular weight is 382 g/mol. The zero-order valence-corrected chi connectivity index (χ0v) is 17.2. The van der Waals surface area contributed by atoms with Crippen molar-refractivity contribution in [1.82, 2.24) is 9.80 Å². The summed E-state index contributed by atoms with van der Waals surface area (Å²) in [5, 5.41) is 8.78. The van der Waals surface area contributed by atoms with Crippen LogP contribution >= 0.6 is 0 Å². The van der Waals surface area contributed by atoms with Crippen LogP contribution in [0.25, 0.3) is 9.69 Å². The van der Waals surface area contributed by atoms with Gasteiger partial charge in [0.05, 0.1) is 19.2 Å². The van der Waals surface area contributed by atoms with E-state index in [1.165, 1.54) is 0 Å². The van der Waals surface area contributed by atoms with Gasteiger partial charge in [-0.3, -0.25) is 9.80 Å². The Bertz CT molecular complexity index is 456. The molecule has 0 unspecified atom stereocenters. The monoisotopic (exact) mass is 381 g/mol. The molecule has 0 N–H and O–H groups in total. The lowest BCUT2D eigenvalue weighted by Gasteiger charge is -2.27. The fraction of sp³-hybridized carbons (Fsp3) is 0.824. The summed E-state index contributed by atoms with van der Waals surface area (Å²) in [6.07, 6.45) is 1.32. The van der Waals surface area contributed by atoms with Gasteiger partial charge in [-0.05, 0) is 13.0 Å². The fourth-order valence-electron chi connectivity index (χ4n) is 2.62. The van der Waals surface area contributed by atoms with Crippen LogP contribution in [0.5, 0.6) is 0 Å². The molecule has 0 spiro atoms. The minimum absolute atomic E-state index is 0.442. The molecule has 0 amide bonds. The van der Waals surface area contributed by atoms with Crippen LogP contribution in [0.2, 0.25) is 6.04 Å². The van der Waals surface area contributed by atoms with Crippen LogP contribution in [0.4, 0.5) is 0 Å². The summed E-state index contributed by atoms with van der Waals surface area (Å²) >= 11 is 0. The highest BCUT2D eigenvalue weighted by molar-refractivity contribution is 6.60. The summed E-state index contributed by atoms with van der Waals surface area (Å²) in [6.45, 7) is 19.4. The highest BCUT2D eigenvalue weighted by Gasteiger charge is 2.37. The number of rotatable bonds is 16. The molecule has 9 heteroatoms. The molecule has 0 fully saturated rings. The van der Waals surface area contributed by atoms with Gasteiger partial charge in [0.2, 0.25) is 13.1 Å². The molecule has 0 aromatic heterocycles. The maximum absolute atomic E-state index is 8.78.